The minimum absolute atomic E-state index is 0.486. The smallest absolute Gasteiger partial charge is 0.129 e. The lowest BCUT2D eigenvalue weighted by Crippen LogP contribution is -1.96. The summed E-state index contributed by atoms with van der Waals surface area (Å²) in [7, 11) is 0. The van der Waals surface area contributed by atoms with Gasteiger partial charge < -0.3 is 5.73 Å². The standard InChI is InChI=1S/C11H14ClN3/c1-3-14-6-9(5-13)10-7-15-11(12)4-8(10)2/h4-7H,3,13H2,1-2H3/b9-5+,14-6?. The number of rotatable bonds is 3. The second kappa shape index (κ2) is 5.51. The van der Waals surface area contributed by atoms with E-state index in [2.05, 4.69) is 9.98 Å². The van der Waals surface area contributed by atoms with Crippen LogP contribution in [-0.4, -0.2) is 17.7 Å². The average Bonchev–Trinajstić information content (AvgIpc) is 2.21. The van der Waals surface area contributed by atoms with Gasteiger partial charge >= 0.3 is 0 Å². The minimum Gasteiger partial charge on any atom is -0.404 e. The Labute approximate surface area is 94.7 Å². The van der Waals surface area contributed by atoms with E-state index in [1.54, 1.807) is 18.5 Å². The van der Waals surface area contributed by atoms with Crippen molar-refractivity contribution in [3.63, 3.8) is 0 Å². The number of hydrogen-bond donors (Lipinski definition) is 1. The fourth-order valence-corrected chi connectivity index (χ4v) is 1.43. The van der Waals surface area contributed by atoms with Gasteiger partial charge in [-0.25, -0.2) is 4.98 Å². The molecule has 3 nitrogen and oxygen atoms in total. The quantitative estimate of drug-likeness (QED) is 0.632. The van der Waals surface area contributed by atoms with E-state index in [1.165, 1.54) is 6.20 Å². The van der Waals surface area contributed by atoms with Crippen molar-refractivity contribution in [2.45, 2.75) is 13.8 Å². The highest BCUT2D eigenvalue weighted by Gasteiger charge is 2.03. The number of aliphatic imine (C=N–C) groups is 1. The predicted octanol–water partition coefficient (Wildman–Crippen LogP) is 2.43. The number of nitrogens with two attached hydrogens (primary N) is 1. The first-order chi connectivity index (χ1) is 7.19. The van der Waals surface area contributed by atoms with Crippen LogP contribution >= 0.6 is 11.6 Å². The number of pyridine rings is 1. The largest absolute Gasteiger partial charge is 0.404 e. The number of nitrogens with zero attached hydrogens (tertiary/aromatic N) is 2. The molecule has 80 valence electrons. The fraction of sp³-hybridized carbons (Fsp3) is 0.273. The molecule has 0 saturated heterocycles. The number of aryl methyl sites for hydroxylation is 1. The molecule has 4 heteroatoms. The number of hydrogen-bond acceptors (Lipinski definition) is 3. The van der Waals surface area contributed by atoms with Gasteiger partial charge in [0.1, 0.15) is 5.15 Å². The van der Waals surface area contributed by atoms with Crippen molar-refractivity contribution in [2.24, 2.45) is 10.7 Å². The van der Waals surface area contributed by atoms with Crippen molar-refractivity contribution in [1.29, 1.82) is 0 Å². The van der Waals surface area contributed by atoms with Crippen molar-refractivity contribution in [1.82, 2.24) is 4.98 Å². The molecular weight excluding hydrogens is 210 g/mol. The Bertz CT molecular complexity index is 397. The molecule has 1 aromatic rings. The molecule has 0 spiro atoms. The van der Waals surface area contributed by atoms with Crippen LogP contribution in [0.5, 0.6) is 0 Å². The summed E-state index contributed by atoms with van der Waals surface area (Å²) < 4.78 is 0. The van der Waals surface area contributed by atoms with E-state index in [-0.39, 0.29) is 0 Å². The Hall–Kier alpha value is -1.35. The van der Waals surface area contributed by atoms with Crippen molar-refractivity contribution < 1.29 is 0 Å². The van der Waals surface area contributed by atoms with Gasteiger partial charge in [0.2, 0.25) is 0 Å². The first kappa shape index (κ1) is 11.7. The van der Waals surface area contributed by atoms with Crippen molar-refractivity contribution in [3.05, 3.63) is 34.7 Å². The van der Waals surface area contributed by atoms with Crippen molar-refractivity contribution in [2.75, 3.05) is 6.54 Å². The maximum Gasteiger partial charge on any atom is 0.129 e. The molecule has 0 unspecified atom stereocenters. The van der Waals surface area contributed by atoms with Gasteiger partial charge in [-0.2, -0.15) is 0 Å². The molecule has 0 fully saturated rings. The summed E-state index contributed by atoms with van der Waals surface area (Å²) in [6.07, 6.45) is 4.98. The molecule has 0 bridgehead atoms. The molecule has 0 aliphatic carbocycles. The van der Waals surface area contributed by atoms with Crippen molar-refractivity contribution in [3.8, 4) is 0 Å². The summed E-state index contributed by atoms with van der Waals surface area (Å²) in [5.41, 5.74) is 8.39. The SMILES string of the molecule is CCN=C/C(=C\N)c1cnc(Cl)cc1C. The van der Waals surface area contributed by atoms with E-state index in [0.29, 0.717) is 5.15 Å². The van der Waals surface area contributed by atoms with Gasteiger partial charge in [0.15, 0.2) is 0 Å². The first-order valence-corrected chi connectivity index (χ1v) is 5.11. The normalized spacial score (nSPS) is 12.3. The highest BCUT2D eigenvalue weighted by atomic mass is 35.5. The van der Waals surface area contributed by atoms with Crippen LogP contribution in [0.2, 0.25) is 5.15 Å². The topological polar surface area (TPSA) is 51.3 Å². The zero-order valence-corrected chi connectivity index (χ0v) is 9.62. The third-order valence-electron chi connectivity index (χ3n) is 1.98. The highest BCUT2D eigenvalue weighted by molar-refractivity contribution is 6.29. The number of allylic oxidation sites excluding steroid dienone is 1. The molecule has 1 heterocycles. The third-order valence-corrected chi connectivity index (χ3v) is 2.19. The van der Waals surface area contributed by atoms with Crippen LogP contribution in [0.4, 0.5) is 0 Å². The predicted molar refractivity (Wildman–Crippen MR) is 65.2 cm³/mol. The summed E-state index contributed by atoms with van der Waals surface area (Å²) in [4.78, 5) is 8.17. The fourth-order valence-electron chi connectivity index (χ4n) is 1.22. The summed E-state index contributed by atoms with van der Waals surface area (Å²) >= 11 is 5.77. The molecule has 2 N–H and O–H groups in total. The lowest BCUT2D eigenvalue weighted by Gasteiger charge is -2.05. The van der Waals surface area contributed by atoms with E-state index in [1.807, 2.05) is 13.8 Å². The van der Waals surface area contributed by atoms with Crippen LogP contribution in [0.25, 0.3) is 5.57 Å². The molecule has 0 aliphatic heterocycles. The summed E-state index contributed by atoms with van der Waals surface area (Å²) in [5, 5.41) is 0.486. The van der Waals surface area contributed by atoms with Gasteiger partial charge in [0, 0.05) is 36.3 Å². The third kappa shape index (κ3) is 3.06. The summed E-state index contributed by atoms with van der Waals surface area (Å²) in [5.74, 6) is 0. The molecule has 0 atom stereocenters. The zero-order valence-electron chi connectivity index (χ0n) is 8.87. The molecule has 1 aromatic heterocycles. The Balaban J connectivity index is 3.08. The zero-order chi connectivity index (χ0) is 11.3. The van der Waals surface area contributed by atoms with E-state index < -0.39 is 0 Å². The molecule has 0 amide bonds. The monoisotopic (exact) mass is 223 g/mol. The lowest BCUT2D eigenvalue weighted by atomic mass is 10.1. The maximum atomic E-state index is 5.77. The average molecular weight is 224 g/mol. The summed E-state index contributed by atoms with van der Waals surface area (Å²) in [6, 6.07) is 1.81. The van der Waals surface area contributed by atoms with Gasteiger partial charge in [-0.05, 0) is 25.5 Å². The molecule has 0 aliphatic rings. The Kier molecular flexibility index (Phi) is 4.31. The Morgan fingerprint density at radius 2 is 2.40 bits per heavy atom. The van der Waals surface area contributed by atoms with Gasteiger partial charge in [-0.1, -0.05) is 11.6 Å². The molecule has 0 aromatic carbocycles. The molecule has 0 saturated carbocycles. The van der Waals surface area contributed by atoms with Crippen molar-refractivity contribution >= 4 is 23.4 Å². The maximum absolute atomic E-state index is 5.77. The van der Waals surface area contributed by atoms with Crippen LogP contribution in [0.15, 0.2) is 23.5 Å². The summed E-state index contributed by atoms with van der Waals surface area (Å²) in [6.45, 7) is 4.67. The number of halogens is 1. The second-order valence-corrected chi connectivity index (χ2v) is 3.46. The van der Waals surface area contributed by atoms with Crippen LogP contribution in [-0.2, 0) is 0 Å². The Morgan fingerprint density at radius 1 is 1.67 bits per heavy atom. The van der Waals surface area contributed by atoms with E-state index in [9.17, 15) is 0 Å². The van der Waals surface area contributed by atoms with E-state index in [0.717, 1.165) is 23.2 Å². The highest BCUT2D eigenvalue weighted by Crippen LogP contribution is 2.18. The minimum atomic E-state index is 0.486. The molecule has 0 radical (unpaired) electrons. The van der Waals surface area contributed by atoms with E-state index in [4.69, 9.17) is 17.3 Å². The van der Waals surface area contributed by atoms with Crippen LogP contribution in [0.1, 0.15) is 18.1 Å². The first-order valence-electron chi connectivity index (χ1n) is 4.73. The van der Waals surface area contributed by atoms with E-state index >= 15 is 0 Å². The second-order valence-electron chi connectivity index (χ2n) is 3.07. The lowest BCUT2D eigenvalue weighted by molar-refractivity contribution is 1.14. The van der Waals surface area contributed by atoms with Gasteiger partial charge in [0.25, 0.3) is 0 Å². The Morgan fingerprint density at radius 3 is 2.93 bits per heavy atom. The van der Waals surface area contributed by atoms with Crippen LogP contribution in [0.3, 0.4) is 0 Å². The van der Waals surface area contributed by atoms with Crippen LogP contribution < -0.4 is 5.73 Å². The van der Waals surface area contributed by atoms with Gasteiger partial charge in [-0.15, -0.1) is 0 Å². The molecule has 1 rings (SSSR count). The van der Waals surface area contributed by atoms with Gasteiger partial charge in [-0.3, -0.25) is 4.99 Å². The number of aromatic nitrogens is 1. The molecule has 15 heavy (non-hydrogen) atoms. The van der Waals surface area contributed by atoms with Gasteiger partial charge in [0.05, 0.1) is 0 Å². The molecular formula is C11H14ClN3. The van der Waals surface area contributed by atoms with Crippen LogP contribution in [0, 0.1) is 6.92 Å².